The Morgan fingerprint density at radius 3 is 2.32 bits per heavy atom. The summed E-state index contributed by atoms with van der Waals surface area (Å²) in [7, 11) is 0. The fraction of sp³-hybridized carbons (Fsp3) is 0.533. The summed E-state index contributed by atoms with van der Waals surface area (Å²) in [6, 6.07) is 8.61. The number of ketones is 1. The van der Waals surface area contributed by atoms with Crippen LogP contribution < -0.4 is 0 Å². The number of hydrogen-bond donors (Lipinski definition) is 3. The maximum atomic E-state index is 11.8. The van der Waals surface area contributed by atoms with Crippen molar-refractivity contribution >= 4 is 5.78 Å². The standard InChI is InChI=1S/C15H22O4/c1-2-3-9-12(16)15(19)14(18)10-13(17)11-7-5-4-6-8-11/h4-8,12,14-16,18-19H,2-3,9-10H2,1H3. The third-order valence-corrected chi connectivity index (χ3v) is 3.13. The van der Waals surface area contributed by atoms with Gasteiger partial charge in [0.2, 0.25) is 0 Å². The molecule has 3 N–H and O–H groups in total. The Morgan fingerprint density at radius 2 is 1.74 bits per heavy atom. The summed E-state index contributed by atoms with van der Waals surface area (Å²) in [4.78, 5) is 11.8. The number of benzene rings is 1. The molecule has 19 heavy (non-hydrogen) atoms. The third-order valence-electron chi connectivity index (χ3n) is 3.13. The van der Waals surface area contributed by atoms with Crippen molar-refractivity contribution in [2.75, 3.05) is 0 Å². The molecule has 0 aliphatic carbocycles. The van der Waals surface area contributed by atoms with Gasteiger partial charge in [-0.1, -0.05) is 50.1 Å². The minimum atomic E-state index is -1.28. The lowest BCUT2D eigenvalue weighted by Crippen LogP contribution is -2.38. The van der Waals surface area contributed by atoms with Crippen LogP contribution in [0.2, 0.25) is 0 Å². The van der Waals surface area contributed by atoms with Gasteiger partial charge >= 0.3 is 0 Å². The molecule has 106 valence electrons. The lowest BCUT2D eigenvalue weighted by atomic mass is 9.97. The first-order valence-corrected chi connectivity index (χ1v) is 6.68. The van der Waals surface area contributed by atoms with Gasteiger partial charge in [-0.15, -0.1) is 0 Å². The second-order valence-corrected chi connectivity index (χ2v) is 4.76. The summed E-state index contributed by atoms with van der Waals surface area (Å²) < 4.78 is 0. The predicted octanol–water partition coefficient (Wildman–Crippen LogP) is 1.53. The monoisotopic (exact) mass is 266 g/mol. The topological polar surface area (TPSA) is 77.8 Å². The maximum absolute atomic E-state index is 11.8. The molecule has 0 spiro atoms. The zero-order chi connectivity index (χ0) is 14.3. The Labute approximate surface area is 113 Å². The molecule has 0 saturated carbocycles. The van der Waals surface area contributed by atoms with E-state index in [-0.39, 0.29) is 12.2 Å². The normalized spacial score (nSPS) is 15.8. The number of unbranched alkanes of at least 4 members (excludes halogenated alkanes) is 1. The van der Waals surface area contributed by atoms with Crippen molar-refractivity contribution in [1.29, 1.82) is 0 Å². The molecule has 4 nitrogen and oxygen atoms in total. The highest BCUT2D eigenvalue weighted by molar-refractivity contribution is 5.96. The Morgan fingerprint density at radius 1 is 1.11 bits per heavy atom. The minimum absolute atomic E-state index is 0.186. The number of rotatable bonds is 8. The lowest BCUT2D eigenvalue weighted by molar-refractivity contribution is -0.0614. The molecular weight excluding hydrogens is 244 g/mol. The van der Waals surface area contributed by atoms with Gasteiger partial charge in [0.05, 0.1) is 12.2 Å². The van der Waals surface area contributed by atoms with Crippen LogP contribution in [0.25, 0.3) is 0 Å². The maximum Gasteiger partial charge on any atom is 0.165 e. The van der Waals surface area contributed by atoms with E-state index in [9.17, 15) is 20.1 Å². The molecule has 0 amide bonds. The summed E-state index contributed by atoms with van der Waals surface area (Å²) in [5, 5.41) is 29.2. The van der Waals surface area contributed by atoms with E-state index in [0.717, 1.165) is 12.8 Å². The van der Waals surface area contributed by atoms with E-state index in [4.69, 9.17) is 0 Å². The fourth-order valence-electron chi connectivity index (χ4n) is 1.89. The first-order valence-electron chi connectivity index (χ1n) is 6.68. The molecule has 1 aromatic rings. The zero-order valence-electron chi connectivity index (χ0n) is 11.2. The van der Waals surface area contributed by atoms with E-state index >= 15 is 0 Å². The highest BCUT2D eigenvalue weighted by Crippen LogP contribution is 2.13. The second-order valence-electron chi connectivity index (χ2n) is 4.76. The number of hydrogen-bond acceptors (Lipinski definition) is 4. The summed E-state index contributed by atoms with van der Waals surface area (Å²) in [5.74, 6) is -0.241. The third kappa shape index (κ3) is 5.11. The Balaban J connectivity index is 2.50. The molecule has 3 unspecified atom stereocenters. The smallest absolute Gasteiger partial charge is 0.165 e. The summed E-state index contributed by atoms with van der Waals surface area (Å²) in [6.45, 7) is 1.98. The van der Waals surface area contributed by atoms with Crippen LogP contribution in [0, 0.1) is 0 Å². The molecular formula is C15H22O4. The SMILES string of the molecule is CCCCC(O)C(O)C(O)CC(=O)c1ccccc1. The number of carbonyl (C=O) groups is 1. The summed E-state index contributed by atoms with van der Waals surface area (Å²) in [5.41, 5.74) is 0.497. The first-order chi connectivity index (χ1) is 9.06. The number of Topliss-reactive ketones (excluding diaryl/α,β-unsaturated/α-hetero) is 1. The van der Waals surface area contributed by atoms with Gasteiger partial charge < -0.3 is 15.3 Å². The van der Waals surface area contributed by atoms with Gasteiger partial charge in [-0.05, 0) is 6.42 Å². The second kappa shape index (κ2) is 8.04. The molecule has 0 radical (unpaired) electrons. The van der Waals surface area contributed by atoms with Gasteiger partial charge in [-0.3, -0.25) is 4.79 Å². The van der Waals surface area contributed by atoms with E-state index in [1.165, 1.54) is 0 Å². The van der Waals surface area contributed by atoms with E-state index in [2.05, 4.69) is 0 Å². The molecule has 0 saturated heterocycles. The van der Waals surface area contributed by atoms with Crippen LogP contribution in [0.3, 0.4) is 0 Å². The van der Waals surface area contributed by atoms with E-state index in [0.29, 0.717) is 12.0 Å². The molecule has 0 fully saturated rings. The van der Waals surface area contributed by atoms with Gasteiger partial charge in [0.1, 0.15) is 6.10 Å². The highest BCUT2D eigenvalue weighted by Gasteiger charge is 2.26. The van der Waals surface area contributed by atoms with Crippen molar-refractivity contribution in [2.45, 2.75) is 50.9 Å². The highest BCUT2D eigenvalue weighted by atomic mass is 16.4. The molecule has 0 heterocycles. The van der Waals surface area contributed by atoms with E-state index in [1.54, 1.807) is 30.3 Å². The Bertz CT molecular complexity index is 377. The van der Waals surface area contributed by atoms with Gasteiger partial charge in [0.15, 0.2) is 5.78 Å². The van der Waals surface area contributed by atoms with Crippen LogP contribution in [0.5, 0.6) is 0 Å². The van der Waals surface area contributed by atoms with Crippen LogP contribution in [0.4, 0.5) is 0 Å². The van der Waals surface area contributed by atoms with Gasteiger partial charge in [0, 0.05) is 12.0 Å². The number of carbonyl (C=O) groups excluding carboxylic acids is 1. The van der Waals surface area contributed by atoms with Gasteiger partial charge in [0.25, 0.3) is 0 Å². The molecule has 1 rings (SSSR count). The molecule has 1 aromatic carbocycles. The average molecular weight is 266 g/mol. The first kappa shape index (κ1) is 15.8. The Kier molecular flexibility index (Phi) is 6.70. The molecule has 4 heteroatoms. The van der Waals surface area contributed by atoms with E-state index < -0.39 is 18.3 Å². The quantitative estimate of drug-likeness (QED) is 0.624. The molecule has 0 aromatic heterocycles. The molecule has 3 atom stereocenters. The van der Waals surface area contributed by atoms with Crippen molar-refractivity contribution in [3.05, 3.63) is 35.9 Å². The van der Waals surface area contributed by atoms with Crippen LogP contribution in [-0.2, 0) is 0 Å². The average Bonchev–Trinajstić information content (AvgIpc) is 2.44. The Hall–Kier alpha value is -1.23. The summed E-state index contributed by atoms with van der Waals surface area (Å²) in [6.07, 6.45) is -1.58. The summed E-state index contributed by atoms with van der Waals surface area (Å²) >= 11 is 0. The van der Waals surface area contributed by atoms with Gasteiger partial charge in [-0.25, -0.2) is 0 Å². The minimum Gasteiger partial charge on any atom is -0.390 e. The van der Waals surface area contributed by atoms with Crippen molar-refractivity contribution in [3.8, 4) is 0 Å². The largest absolute Gasteiger partial charge is 0.390 e. The van der Waals surface area contributed by atoms with Gasteiger partial charge in [-0.2, -0.15) is 0 Å². The van der Waals surface area contributed by atoms with Crippen molar-refractivity contribution in [3.63, 3.8) is 0 Å². The van der Waals surface area contributed by atoms with Crippen LogP contribution >= 0.6 is 0 Å². The number of aliphatic hydroxyl groups excluding tert-OH is 3. The fourth-order valence-corrected chi connectivity index (χ4v) is 1.89. The van der Waals surface area contributed by atoms with Crippen LogP contribution in [0.15, 0.2) is 30.3 Å². The van der Waals surface area contributed by atoms with Crippen LogP contribution in [-0.4, -0.2) is 39.4 Å². The predicted molar refractivity (Wildman–Crippen MR) is 72.9 cm³/mol. The van der Waals surface area contributed by atoms with Crippen LogP contribution in [0.1, 0.15) is 43.0 Å². The van der Waals surface area contributed by atoms with E-state index in [1.807, 2.05) is 6.92 Å². The van der Waals surface area contributed by atoms with Crippen molar-refractivity contribution < 1.29 is 20.1 Å². The molecule has 0 aliphatic rings. The van der Waals surface area contributed by atoms with Crippen molar-refractivity contribution in [2.24, 2.45) is 0 Å². The molecule has 0 aliphatic heterocycles. The van der Waals surface area contributed by atoms with Crippen molar-refractivity contribution in [1.82, 2.24) is 0 Å². The number of aliphatic hydroxyl groups is 3. The molecule has 0 bridgehead atoms. The lowest BCUT2D eigenvalue weighted by Gasteiger charge is -2.22. The zero-order valence-corrected chi connectivity index (χ0v) is 11.2.